The first kappa shape index (κ1) is 12.9. The summed E-state index contributed by atoms with van der Waals surface area (Å²) < 4.78 is 1.01. The fourth-order valence-electron chi connectivity index (χ4n) is 2.49. The number of nitrogens with zero attached hydrogens (tertiary/aromatic N) is 2. The number of carbonyl (C=O) groups excluding carboxylic acids is 1. The molecule has 0 bridgehead atoms. The van der Waals surface area contributed by atoms with Gasteiger partial charge in [-0.25, -0.2) is 0 Å². The van der Waals surface area contributed by atoms with Crippen molar-refractivity contribution in [1.29, 1.82) is 0 Å². The summed E-state index contributed by atoms with van der Waals surface area (Å²) in [7, 11) is 0. The molecule has 1 unspecified atom stereocenters. The number of aromatic nitrogens is 1. The monoisotopic (exact) mass is 338 g/mol. The first-order valence-corrected chi connectivity index (χ1v) is 7.42. The van der Waals surface area contributed by atoms with Crippen molar-refractivity contribution in [1.82, 2.24) is 4.98 Å². The number of benzene rings is 1. The van der Waals surface area contributed by atoms with Crippen LogP contribution >= 0.6 is 27.5 Å². The maximum atomic E-state index is 12.1. The van der Waals surface area contributed by atoms with Crippen molar-refractivity contribution in [3.05, 3.63) is 35.1 Å². The Morgan fingerprint density at radius 2 is 2.21 bits per heavy atom. The first-order chi connectivity index (χ1) is 9.20. The second-order valence-corrected chi connectivity index (χ2v) is 5.88. The molecule has 0 N–H and O–H groups in total. The third-order valence-electron chi connectivity index (χ3n) is 3.46. The van der Waals surface area contributed by atoms with E-state index in [1.807, 2.05) is 23.1 Å². The molecule has 1 amide bonds. The van der Waals surface area contributed by atoms with Gasteiger partial charge in [0.1, 0.15) is 0 Å². The van der Waals surface area contributed by atoms with Crippen LogP contribution in [-0.4, -0.2) is 23.3 Å². The zero-order chi connectivity index (χ0) is 13.4. The smallest absolute Gasteiger partial charge is 0.227 e. The molecular weight excluding hydrogens is 328 g/mol. The van der Waals surface area contributed by atoms with E-state index in [1.54, 1.807) is 12.4 Å². The number of halogens is 2. The number of fused-ring (bicyclic) bond motifs is 1. The van der Waals surface area contributed by atoms with Crippen LogP contribution in [-0.2, 0) is 4.79 Å². The summed E-state index contributed by atoms with van der Waals surface area (Å²) in [4.78, 5) is 18.1. The Morgan fingerprint density at radius 3 is 2.95 bits per heavy atom. The molecule has 1 aromatic carbocycles. The molecule has 0 radical (unpaired) electrons. The molecule has 1 aliphatic heterocycles. The van der Waals surface area contributed by atoms with Gasteiger partial charge in [0.2, 0.25) is 5.91 Å². The molecule has 1 aromatic heterocycles. The lowest BCUT2D eigenvalue weighted by molar-refractivity contribution is -0.117. The second-order valence-electron chi connectivity index (χ2n) is 4.72. The second kappa shape index (κ2) is 5.10. The number of rotatable bonds is 2. The molecule has 1 fully saturated rings. The van der Waals surface area contributed by atoms with Gasteiger partial charge in [-0.15, -0.1) is 11.6 Å². The van der Waals surface area contributed by atoms with E-state index in [2.05, 4.69) is 20.9 Å². The number of anilines is 1. The molecule has 1 atom stereocenters. The Balaban J connectivity index is 2.11. The third kappa shape index (κ3) is 2.23. The fourth-order valence-corrected chi connectivity index (χ4v) is 3.18. The maximum absolute atomic E-state index is 12.1. The number of hydrogen-bond acceptors (Lipinski definition) is 2. The highest BCUT2D eigenvalue weighted by Crippen LogP contribution is 2.34. The van der Waals surface area contributed by atoms with Gasteiger partial charge in [-0.2, -0.15) is 0 Å². The predicted molar refractivity (Wildman–Crippen MR) is 80.6 cm³/mol. The van der Waals surface area contributed by atoms with Crippen LogP contribution in [0, 0.1) is 5.92 Å². The third-order valence-corrected chi connectivity index (χ3v) is 4.58. The molecule has 2 aromatic rings. The Morgan fingerprint density at radius 1 is 1.37 bits per heavy atom. The molecule has 1 aliphatic rings. The maximum Gasteiger partial charge on any atom is 0.227 e. The molecule has 1 saturated heterocycles. The topological polar surface area (TPSA) is 33.2 Å². The standard InChI is InChI=1S/C14H12BrClN2O/c15-12-1-2-13(11-7-17-4-3-10(11)12)18-8-9(6-16)5-14(18)19/h1-4,7,9H,5-6,8H2. The Hall–Kier alpha value is -1.13. The molecule has 3 nitrogen and oxygen atoms in total. The van der Waals surface area contributed by atoms with Gasteiger partial charge in [0, 0.05) is 46.5 Å². The van der Waals surface area contributed by atoms with Gasteiger partial charge < -0.3 is 4.90 Å². The predicted octanol–water partition coefficient (Wildman–Crippen LogP) is 3.59. The van der Waals surface area contributed by atoms with E-state index >= 15 is 0 Å². The van der Waals surface area contributed by atoms with Gasteiger partial charge in [-0.05, 0) is 24.1 Å². The number of hydrogen-bond donors (Lipinski definition) is 0. The van der Waals surface area contributed by atoms with Crippen LogP contribution in [0.15, 0.2) is 35.1 Å². The van der Waals surface area contributed by atoms with Crippen molar-refractivity contribution in [2.75, 3.05) is 17.3 Å². The van der Waals surface area contributed by atoms with Crippen LogP contribution in [0.25, 0.3) is 10.8 Å². The van der Waals surface area contributed by atoms with E-state index in [4.69, 9.17) is 11.6 Å². The lowest BCUT2D eigenvalue weighted by atomic mass is 10.1. The Labute approximate surface area is 124 Å². The summed E-state index contributed by atoms with van der Waals surface area (Å²) in [6.07, 6.45) is 4.09. The SMILES string of the molecule is O=C1CC(CCl)CN1c1ccc(Br)c2ccncc12. The lowest BCUT2D eigenvalue weighted by Crippen LogP contribution is -2.24. The van der Waals surface area contributed by atoms with Gasteiger partial charge in [0.25, 0.3) is 0 Å². The van der Waals surface area contributed by atoms with Gasteiger partial charge in [0.05, 0.1) is 5.69 Å². The zero-order valence-corrected chi connectivity index (χ0v) is 12.5. The number of carbonyl (C=O) groups is 1. The van der Waals surface area contributed by atoms with Crippen molar-refractivity contribution in [3.63, 3.8) is 0 Å². The zero-order valence-electron chi connectivity index (χ0n) is 10.1. The number of pyridine rings is 1. The normalized spacial score (nSPS) is 19.4. The average molecular weight is 340 g/mol. The Kier molecular flexibility index (Phi) is 3.46. The van der Waals surface area contributed by atoms with Crippen LogP contribution in [0.3, 0.4) is 0 Å². The highest BCUT2D eigenvalue weighted by Gasteiger charge is 2.30. The van der Waals surface area contributed by atoms with Crippen LogP contribution in [0.1, 0.15) is 6.42 Å². The van der Waals surface area contributed by atoms with Gasteiger partial charge in [-0.1, -0.05) is 15.9 Å². The summed E-state index contributed by atoms with van der Waals surface area (Å²) in [5, 5.41) is 2.05. The van der Waals surface area contributed by atoms with E-state index in [9.17, 15) is 4.79 Å². The first-order valence-electron chi connectivity index (χ1n) is 6.09. The molecule has 5 heteroatoms. The van der Waals surface area contributed by atoms with Gasteiger partial charge in [-0.3, -0.25) is 9.78 Å². The van der Waals surface area contributed by atoms with Crippen molar-refractivity contribution < 1.29 is 4.79 Å². The molecule has 0 saturated carbocycles. The summed E-state index contributed by atoms with van der Waals surface area (Å²) in [6, 6.07) is 5.88. The van der Waals surface area contributed by atoms with E-state index in [1.165, 1.54) is 0 Å². The minimum absolute atomic E-state index is 0.137. The largest absolute Gasteiger partial charge is 0.311 e. The molecular formula is C14H12BrClN2O. The number of alkyl halides is 1. The molecule has 0 aliphatic carbocycles. The molecule has 2 heterocycles. The van der Waals surface area contributed by atoms with Crippen molar-refractivity contribution >= 4 is 49.9 Å². The minimum Gasteiger partial charge on any atom is -0.311 e. The van der Waals surface area contributed by atoms with E-state index in [-0.39, 0.29) is 11.8 Å². The highest BCUT2D eigenvalue weighted by molar-refractivity contribution is 9.10. The van der Waals surface area contributed by atoms with E-state index in [0.29, 0.717) is 18.8 Å². The van der Waals surface area contributed by atoms with Crippen molar-refractivity contribution in [3.8, 4) is 0 Å². The van der Waals surface area contributed by atoms with Crippen molar-refractivity contribution in [2.24, 2.45) is 5.92 Å². The minimum atomic E-state index is 0.137. The highest BCUT2D eigenvalue weighted by atomic mass is 79.9. The van der Waals surface area contributed by atoms with Gasteiger partial charge >= 0.3 is 0 Å². The number of amides is 1. The molecule has 0 spiro atoms. The van der Waals surface area contributed by atoms with Gasteiger partial charge in [0.15, 0.2) is 0 Å². The summed E-state index contributed by atoms with van der Waals surface area (Å²) in [6.45, 7) is 0.688. The quantitative estimate of drug-likeness (QED) is 0.783. The van der Waals surface area contributed by atoms with Crippen LogP contribution < -0.4 is 4.90 Å². The summed E-state index contributed by atoms with van der Waals surface area (Å²) >= 11 is 9.40. The lowest BCUT2D eigenvalue weighted by Gasteiger charge is -2.19. The van der Waals surface area contributed by atoms with E-state index in [0.717, 1.165) is 20.9 Å². The van der Waals surface area contributed by atoms with Crippen molar-refractivity contribution in [2.45, 2.75) is 6.42 Å². The molecule has 3 rings (SSSR count). The average Bonchev–Trinajstić information content (AvgIpc) is 2.81. The van der Waals surface area contributed by atoms with E-state index < -0.39 is 0 Å². The van der Waals surface area contributed by atoms with Crippen LogP contribution in [0.2, 0.25) is 0 Å². The van der Waals surface area contributed by atoms with Crippen LogP contribution in [0.4, 0.5) is 5.69 Å². The molecule has 98 valence electrons. The summed E-state index contributed by atoms with van der Waals surface area (Å²) in [5.41, 5.74) is 0.920. The van der Waals surface area contributed by atoms with Crippen LogP contribution in [0.5, 0.6) is 0 Å². The Bertz CT molecular complexity index is 646. The summed E-state index contributed by atoms with van der Waals surface area (Å²) in [5.74, 6) is 0.900. The fraction of sp³-hybridized carbons (Fsp3) is 0.286. The molecule has 19 heavy (non-hydrogen) atoms.